The highest BCUT2D eigenvalue weighted by Gasteiger charge is 2.47. The van der Waals surface area contributed by atoms with Gasteiger partial charge in [-0.25, -0.2) is 0 Å². The van der Waals surface area contributed by atoms with Crippen molar-refractivity contribution in [2.45, 2.75) is 38.5 Å². The maximum Gasteiger partial charge on any atom is 0.314 e. The van der Waals surface area contributed by atoms with Gasteiger partial charge in [-0.3, -0.25) is 9.59 Å². The zero-order valence-corrected chi connectivity index (χ0v) is 13.4. The predicted octanol–water partition coefficient (Wildman–Crippen LogP) is 1.65. The molecule has 1 unspecified atom stereocenters. The fourth-order valence-electron chi connectivity index (χ4n) is 3.21. The van der Waals surface area contributed by atoms with E-state index in [1.54, 1.807) is 17.9 Å². The molecule has 0 bridgehead atoms. The SMILES string of the molecule is C=CCC1(C(=O)OCC)CCN(C(=O)c2n[nH]nc2C2CC2)C1. The molecule has 2 fully saturated rings. The number of rotatable bonds is 6. The lowest BCUT2D eigenvalue weighted by molar-refractivity contribution is -0.154. The molecule has 2 aliphatic rings. The van der Waals surface area contributed by atoms with Gasteiger partial charge in [0, 0.05) is 19.0 Å². The maximum absolute atomic E-state index is 12.8. The number of amides is 1. The van der Waals surface area contributed by atoms with Crippen LogP contribution in [0.25, 0.3) is 0 Å². The second-order valence-electron chi connectivity index (χ2n) is 6.30. The molecule has 1 atom stereocenters. The van der Waals surface area contributed by atoms with Crippen molar-refractivity contribution in [2.75, 3.05) is 19.7 Å². The van der Waals surface area contributed by atoms with Crippen LogP contribution < -0.4 is 0 Å². The zero-order valence-electron chi connectivity index (χ0n) is 13.4. The number of nitrogens with zero attached hydrogens (tertiary/aromatic N) is 3. The van der Waals surface area contributed by atoms with Crippen LogP contribution in [-0.2, 0) is 9.53 Å². The van der Waals surface area contributed by atoms with Gasteiger partial charge in [0.1, 0.15) is 0 Å². The number of hydrogen-bond donors (Lipinski definition) is 1. The molecule has 1 amide bonds. The Kier molecular flexibility index (Phi) is 4.19. The summed E-state index contributed by atoms with van der Waals surface area (Å²) >= 11 is 0. The average Bonchev–Trinajstić information content (AvgIpc) is 3.11. The lowest BCUT2D eigenvalue weighted by atomic mass is 9.83. The van der Waals surface area contributed by atoms with Crippen LogP contribution in [0.3, 0.4) is 0 Å². The van der Waals surface area contributed by atoms with Gasteiger partial charge in [0.15, 0.2) is 5.69 Å². The molecule has 1 saturated heterocycles. The van der Waals surface area contributed by atoms with Gasteiger partial charge in [-0.05, 0) is 32.6 Å². The Labute approximate surface area is 135 Å². The van der Waals surface area contributed by atoms with Crippen molar-refractivity contribution in [3.8, 4) is 0 Å². The van der Waals surface area contributed by atoms with Crippen molar-refractivity contribution in [3.63, 3.8) is 0 Å². The Morgan fingerprint density at radius 2 is 2.26 bits per heavy atom. The molecule has 124 valence electrons. The van der Waals surface area contributed by atoms with Gasteiger partial charge < -0.3 is 9.64 Å². The van der Waals surface area contributed by atoms with Crippen molar-refractivity contribution in [1.82, 2.24) is 20.3 Å². The van der Waals surface area contributed by atoms with Crippen LogP contribution in [0.1, 0.15) is 54.7 Å². The molecule has 1 aliphatic heterocycles. The number of carbonyl (C=O) groups is 2. The summed E-state index contributed by atoms with van der Waals surface area (Å²) in [5, 5.41) is 10.7. The number of likely N-dealkylation sites (tertiary alicyclic amines) is 1. The Hall–Kier alpha value is -2.18. The minimum Gasteiger partial charge on any atom is -0.466 e. The smallest absolute Gasteiger partial charge is 0.314 e. The number of carbonyl (C=O) groups excluding carboxylic acids is 2. The molecule has 1 saturated carbocycles. The van der Waals surface area contributed by atoms with E-state index in [4.69, 9.17) is 4.74 Å². The fourth-order valence-corrected chi connectivity index (χ4v) is 3.21. The van der Waals surface area contributed by atoms with Gasteiger partial charge in [0.25, 0.3) is 5.91 Å². The van der Waals surface area contributed by atoms with Gasteiger partial charge in [0.05, 0.1) is 17.7 Å². The van der Waals surface area contributed by atoms with E-state index in [-0.39, 0.29) is 11.9 Å². The fraction of sp³-hybridized carbons (Fsp3) is 0.625. The molecule has 7 heteroatoms. The summed E-state index contributed by atoms with van der Waals surface area (Å²) in [7, 11) is 0. The van der Waals surface area contributed by atoms with E-state index in [1.807, 2.05) is 0 Å². The first kappa shape index (κ1) is 15.7. The molecular weight excluding hydrogens is 296 g/mol. The van der Waals surface area contributed by atoms with E-state index < -0.39 is 5.41 Å². The molecule has 23 heavy (non-hydrogen) atoms. The zero-order chi connectivity index (χ0) is 16.4. The third kappa shape index (κ3) is 2.87. The molecular formula is C16H22N4O3. The van der Waals surface area contributed by atoms with Gasteiger partial charge in [0.2, 0.25) is 0 Å². The third-order valence-electron chi connectivity index (χ3n) is 4.63. The summed E-state index contributed by atoms with van der Waals surface area (Å²) in [6.07, 6.45) is 4.91. The van der Waals surface area contributed by atoms with Crippen molar-refractivity contribution in [3.05, 3.63) is 24.0 Å². The van der Waals surface area contributed by atoms with Crippen LogP contribution >= 0.6 is 0 Å². The molecule has 1 aromatic rings. The van der Waals surface area contributed by atoms with E-state index in [1.165, 1.54) is 0 Å². The van der Waals surface area contributed by atoms with Gasteiger partial charge in [-0.15, -0.1) is 6.58 Å². The summed E-state index contributed by atoms with van der Waals surface area (Å²) in [5.41, 5.74) is 0.467. The van der Waals surface area contributed by atoms with Crippen LogP contribution in [0.2, 0.25) is 0 Å². The summed E-state index contributed by atoms with van der Waals surface area (Å²) in [6.45, 7) is 6.72. The predicted molar refractivity (Wildman–Crippen MR) is 82.8 cm³/mol. The van der Waals surface area contributed by atoms with E-state index in [9.17, 15) is 9.59 Å². The second kappa shape index (κ2) is 6.14. The summed E-state index contributed by atoms with van der Waals surface area (Å²) in [6, 6.07) is 0. The van der Waals surface area contributed by atoms with Gasteiger partial charge in [-0.1, -0.05) is 6.08 Å². The van der Waals surface area contributed by atoms with E-state index in [0.717, 1.165) is 18.5 Å². The van der Waals surface area contributed by atoms with Crippen LogP contribution in [0.4, 0.5) is 0 Å². The van der Waals surface area contributed by atoms with Crippen LogP contribution in [-0.4, -0.2) is 51.9 Å². The maximum atomic E-state index is 12.8. The molecule has 2 heterocycles. The number of ether oxygens (including phenoxy) is 1. The Bertz CT molecular complexity index is 623. The molecule has 1 N–H and O–H groups in total. The molecule has 0 radical (unpaired) electrons. The third-order valence-corrected chi connectivity index (χ3v) is 4.63. The van der Waals surface area contributed by atoms with Gasteiger partial charge in [-0.2, -0.15) is 15.4 Å². The van der Waals surface area contributed by atoms with Crippen molar-refractivity contribution in [1.29, 1.82) is 0 Å². The van der Waals surface area contributed by atoms with Crippen molar-refractivity contribution < 1.29 is 14.3 Å². The quantitative estimate of drug-likeness (QED) is 0.636. The minimum absolute atomic E-state index is 0.157. The lowest BCUT2D eigenvalue weighted by Gasteiger charge is -2.25. The minimum atomic E-state index is -0.684. The van der Waals surface area contributed by atoms with Gasteiger partial charge >= 0.3 is 5.97 Å². The summed E-state index contributed by atoms with van der Waals surface area (Å²) < 4.78 is 5.21. The van der Waals surface area contributed by atoms with Crippen LogP contribution in [0.5, 0.6) is 0 Å². The number of nitrogens with one attached hydrogen (secondary N) is 1. The number of aromatic amines is 1. The topological polar surface area (TPSA) is 88.2 Å². The number of esters is 1. The monoisotopic (exact) mass is 318 g/mol. The molecule has 0 aromatic carbocycles. The molecule has 1 aliphatic carbocycles. The van der Waals surface area contributed by atoms with Crippen LogP contribution in [0, 0.1) is 5.41 Å². The van der Waals surface area contributed by atoms with E-state index >= 15 is 0 Å². The average molecular weight is 318 g/mol. The standard InChI is InChI=1S/C16H22N4O3/c1-3-7-16(15(22)23-4-2)8-9-20(10-16)14(21)13-12(11-5-6-11)17-19-18-13/h3,11H,1,4-10H2,2H3,(H,17,18,19). The number of allylic oxidation sites excluding steroid dienone is 1. The largest absolute Gasteiger partial charge is 0.466 e. The number of H-pyrrole nitrogens is 1. The molecule has 1 aromatic heterocycles. The number of aromatic nitrogens is 3. The Morgan fingerprint density at radius 1 is 1.48 bits per heavy atom. The normalized spacial score (nSPS) is 23.8. The molecule has 0 spiro atoms. The Balaban J connectivity index is 1.77. The van der Waals surface area contributed by atoms with E-state index in [2.05, 4.69) is 22.0 Å². The summed E-state index contributed by atoms with van der Waals surface area (Å²) in [4.78, 5) is 26.8. The Morgan fingerprint density at radius 3 is 2.91 bits per heavy atom. The summed E-state index contributed by atoms with van der Waals surface area (Å²) in [5.74, 6) is -0.0630. The van der Waals surface area contributed by atoms with Crippen molar-refractivity contribution in [2.24, 2.45) is 5.41 Å². The highest BCUT2D eigenvalue weighted by atomic mass is 16.5. The second-order valence-corrected chi connectivity index (χ2v) is 6.30. The highest BCUT2D eigenvalue weighted by molar-refractivity contribution is 5.94. The first-order valence-corrected chi connectivity index (χ1v) is 8.09. The first-order chi connectivity index (χ1) is 11.1. The van der Waals surface area contributed by atoms with E-state index in [0.29, 0.717) is 44.1 Å². The highest BCUT2D eigenvalue weighted by Crippen LogP contribution is 2.41. The number of hydrogen-bond acceptors (Lipinski definition) is 5. The van der Waals surface area contributed by atoms with Crippen LogP contribution in [0.15, 0.2) is 12.7 Å². The molecule has 7 nitrogen and oxygen atoms in total. The van der Waals surface area contributed by atoms with Crippen molar-refractivity contribution >= 4 is 11.9 Å². The first-order valence-electron chi connectivity index (χ1n) is 8.09. The molecule has 3 rings (SSSR count). The lowest BCUT2D eigenvalue weighted by Crippen LogP contribution is -2.38.